The summed E-state index contributed by atoms with van der Waals surface area (Å²) in [6, 6.07) is 0. The lowest BCUT2D eigenvalue weighted by atomic mass is 9.96. The Hall–Kier alpha value is -0.740. The second-order valence-corrected chi connectivity index (χ2v) is 4.42. The zero-order valence-electron chi connectivity index (χ0n) is 8.39. The lowest BCUT2D eigenvalue weighted by Gasteiger charge is -2.33. The molecule has 0 aromatic rings. The second-order valence-electron chi connectivity index (χ2n) is 4.42. The van der Waals surface area contributed by atoms with Crippen molar-refractivity contribution >= 4 is 5.91 Å². The Morgan fingerprint density at radius 2 is 1.60 bits per heavy atom. The first-order chi connectivity index (χ1) is 6.98. The zero-order valence-corrected chi connectivity index (χ0v) is 8.39. The third-order valence-corrected chi connectivity index (χ3v) is 3.20. The normalized spacial score (nSPS) is 24.3. The van der Waals surface area contributed by atoms with Crippen LogP contribution in [-0.2, 0) is 4.79 Å². The molecule has 0 bridgehead atoms. The lowest BCUT2D eigenvalue weighted by molar-refractivity contribution is -0.186. The van der Waals surface area contributed by atoms with E-state index in [4.69, 9.17) is 0 Å². The van der Waals surface area contributed by atoms with Gasteiger partial charge in [-0.2, -0.15) is 13.2 Å². The van der Waals surface area contributed by atoms with Gasteiger partial charge in [0.1, 0.15) is 0 Å². The number of nitrogens with zero attached hydrogens (tertiary/aromatic N) is 1. The highest BCUT2D eigenvalue weighted by Crippen LogP contribution is 2.36. The Morgan fingerprint density at radius 1 is 1.07 bits per heavy atom. The van der Waals surface area contributed by atoms with Crippen LogP contribution in [0.3, 0.4) is 0 Å². The number of carbonyl (C=O) groups excluding carboxylic acids is 1. The minimum absolute atomic E-state index is 0.0654. The number of likely N-dealkylation sites (tertiary alicyclic amines) is 1. The van der Waals surface area contributed by atoms with Gasteiger partial charge in [-0.3, -0.25) is 4.79 Å². The SMILES string of the molecule is O=C(C1CC1)N1CCC(C(F)(F)F)CC1. The molecule has 0 aromatic carbocycles. The molecule has 1 saturated heterocycles. The van der Waals surface area contributed by atoms with E-state index in [1.54, 1.807) is 4.90 Å². The molecule has 5 heteroatoms. The van der Waals surface area contributed by atoms with Gasteiger partial charge in [0.2, 0.25) is 5.91 Å². The molecular formula is C10H14F3NO. The number of halogens is 3. The minimum Gasteiger partial charge on any atom is -0.342 e. The fourth-order valence-electron chi connectivity index (χ4n) is 2.02. The summed E-state index contributed by atoms with van der Waals surface area (Å²) in [4.78, 5) is 13.2. The van der Waals surface area contributed by atoms with Crippen molar-refractivity contribution in [3.63, 3.8) is 0 Å². The molecule has 0 N–H and O–H groups in total. The van der Waals surface area contributed by atoms with Crippen molar-refractivity contribution in [3.05, 3.63) is 0 Å². The summed E-state index contributed by atoms with van der Waals surface area (Å²) < 4.78 is 37.0. The van der Waals surface area contributed by atoms with Gasteiger partial charge >= 0.3 is 6.18 Å². The minimum atomic E-state index is -4.09. The molecule has 0 radical (unpaired) electrons. The fourth-order valence-corrected chi connectivity index (χ4v) is 2.02. The summed E-state index contributed by atoms with van der Waals surface area (Å²) in [6.45, 7) is 0.555. The van der Waals surface area contributed by atoms with Gasteiger partial charge < -0.3 is 4.90 Å². The largest absolute Gasteiger partial charge is 0.391 e. The molecule has 2 nitrogen and oxygen atoms in total. The van der Waals surface area contributed by atoms with Crippen molar-refractivity contribution in [1.29, 1.82) is 0 Å². The molecule has 2 rings (SSSR count). The third-order valence-electron chi connectivity index (χ3n) is 3.20. The number of hydrogen-bond acceptors (Lipinski definition) is 1. The van der Waals surface area contributed by atoms with Crippen LogP contribution in [-0.4, -0.2) is 30.1 Å². The number of piperidine rings is 1. The highest BCUT2D eigenvalue weighted by Gasteiger charge is 2.43. The van der Waals surface area contributed by atoms with Gasteiger partial charge in [0, 0.05) is 19.0 Å². The van der Waals surface area contributed by atoms with Crippen LogP contribution in [0.1, 0.15) is 25.7 Å². The Bertz CT molecular complexity index is 252. The molecule has 0 unspecified atom stereocenters. The Balaban J connectivity index is 1.83. The molecule has 1 aliphatic carbocycles. The molecule has 2 fully saturated rings. The van der Waals surface area contributed by atoms with Crippen LogP contribution in [0, 0.1) is 11.8 Å². The van der Waals surface area contributed by atoms with Crippen LogP contribution in [0.2, 0.25) is 0 Å². The molecule has 1 saturated carbocycles. The lowest BCUT2D eigenvalue weighted by Crippen LogP contribution is -2.42. The van der Waals surface area contributed by atoms with E-state index < -0.39 is 12.1 Å². The van der Waals surface area contributed by atoms with Crippen LogP contribution in [0.5, 0.6) is 0 Å². The molecule has 86 valence electrons. The van der Waals surface area contributed by atoms with Gasteiger partial charge in [0.05, 0.1) is 5.92 Å². The van der Waals surface area contributed by atoms with E-state index in [9.17, 15) is 18.0 Å². The number of carbonyl (C=O) groups is 1. The first-order valence-electron chi connectivity index (χ1n) is 5.34. The summed E-state index contributed by atoms with van der Waals surface area (Å²) in [5.74, 6) is -1.02. The highest BCUT2D eigenvalue weighted by molar-refractivity contribution is 5.81. The summed E-state index contributed by atoms with van der Waals surface area (Å²) in [5, 5.41) is 0. The molecule has 15 heavy (non-hydrogen) atoms. The van der Waals surface area contributed by atoms with Crippen LogP contribution in [0.25, 0.3) is 0 Å². The van der Waals surface area contributed by atoms with Crippen molar-refractivity contribution in [2.75, 3.05) is 13.1 Å². The van der Waals surface area contributed by atoms with Gasteiger partial charge in [0.15, 0.2) is 0 Å². The molecule has 2 aliphatic rings. The number of rotatable bonds is 1. The van der Waals surface area contributed by atoms with Gasteiger partial charge in [-0.25, -0.2) is 0 Å². The zero-order chi connectivity index (χ0) is 11.1. The Morgan fingerprint density at radius 3 is 2.00 bits per heavy atom. The predicted molar refractivity (Wildman–Crippen MR) is 48.1 cm³/mol. The predicted octanol–water partition coefficient (Wildman–Crippen LogP) is 2.20. The number of hydrogen-bond donors (Lipinski definition) is 0. The van der Waals surface area contributed by atoms with Crippen LogP contribution in [0.4, 0.5) is 13.2 Å². The summed E-state index contributed by atoms with van der Waals surface area (Å²) >= 11 is 0. The van der Waals surface area contributed by atoms with E-state index in [1.807, 2.05) is 0 Å². The second kappa shape index (κ2) is 3.68. The van der Waals surface area contributed by atoms with Crippen molar-refractivity contribution in [1.82, 2.24) is 4.90 Å². The van der Waals surface area contributed by atoms with Crippen LogP contribution >= 0.6 is 0 Å². The molecule has 1 heterocycles. The highest BCUT2D eigenvalue weighted by atomic mass is 19.4. The van der Waals surface area contributed by atoms with E-state index in [0.717, 1.165) is 12.8 Å². The average Bonchev–Trinajstić information content (AvgIpc) is 2.99. The smallest absolute Gasteiger partial charge is 0.342 e. The topological polar surface area (TPSA) is 20.3 Å². The summed E-state index contributed by atoms with van der Waals surface area (Å²) in [5.41, 5.74) is 0. The standard InChI is InChI=1S/C10H14F3NO/c11-10(12,13)8-3-5-14(6-4-8)9(15)7-1-2-7/h7-8H,1-6H2. The Labute approximate surface area is 86.4 Å². The summed E-state index contributed by atoms with van der Waals surface area (Å²) in [7, 11) is 0. The maximum atomic E-state index is 12.3. The third kappa shape index (κ3) is 2.44. The molecule has 1 amide bonds. The van der Waals surface area contributed by atoms with E-state index in [2.05, 4.69) is 0 Å². The van der Waals surface area contributed by atoms with Crippen molar-refractivity contribution < 1.29 is 18.0 Å². The maximum Gasteiger partial charge on any atom is 0.391 e. The molecule has 0 spiro atoms. The monoisotopic (exact) mass is 221 g/mol. The van der Waals surface area contributed by atoms with Crippen molar-refractivity contribution in [2.45, 2.75) is 31.9 Å². The van der Waals surface area contributed by atoms with E-state index >= 15 is 0 Å². The first kappa shape index (κ1) is 10.8. The van der Waals surface area contributed by atoms with Crippen LogP contribution in [0.15, 0.2) is 0 Å². The van der Waals surface area contributed by atoms with Gasteiger partial charge in [0.25, 0.3) is 0 Å². The molecule has 1 aliphatic heterocycles. The summed E-state index contributed by atoms with van der Waals surface area (Å²) in [6.07, 6.45) is -2.12. The number of alkyl halides is 3. The van der Waals surface area contributed by atoms with E-state index in [1.165, 1.54) is 0 Å². The number of amides is 1. The first-order valence-corrected chi connectivity index (χ1v) is 5.34. The van der Waals surface area contributed by atoms with Crippen molar-refractivity contribution in [2.24, 2.45) is 11.8 Å². The Kier molecular flexibility index (Phi) is 2.64. The van der Waals surface area contributed by atoms with Gasteiger partial charge in [-0.1, -0.05) is 0 Å². The van der Waals surface area contributed by atoms with E-state index in [-0.39, 0.29) is 37.8 Å². The molecular weight excluding hydrogens is 207 g/mol. The van der Waals surface area contributed by atoms with Crippen LogP contribution < -0.4 is 0 Å². The van der Waals surface area contributed by atoms with Crippen molar-refractivity contribution in [3.8, 4) is 0 Å². The van der Waals surface area contributed by atoms with Gasteiger partial charge in [-0.05, 0) is 25.7 Å². The fraction of sp³-hybridized carbons (Fsp3) is 0.900. The average molecular weight is 221 g/mol. The maximum absolute atomic E-state index is 12.3. The quantitative estimate of drug-likeness (QED) is 0.664. The molecule has 0 aromatic heterocycles. The molecule has 0 atom stereocenters. The van der Waals surface area contributed by atoms with E-state index in [0.29, 0.717) is 0 Å². The van der Waals surface area contributed by atoms with Gasteiger partial charge in [-0.15, -0.1) is 0 Å².